The van der Waals surface area contributed by atoms with E-state index in [4.69, 9.17) is 4.42 Å². The van der Waals surface area contributed by atoms with Gasteiger partial charge in [-0.05, 0) is 24.0 Å². The van der Waals surface area contributed by atoms with Gasteiger partial charge in [0.2, 0.25) is 0 Å². The minimum absolute atomic E-state index is 0.0310. The van der Waals surface area contributed by atoms with E-state index in [1.165, 1.54) is 23.9 Å². The highest BCUT2D eigenvalue weighted by Gasteiger charge is 2.28. The maximum atomic E-state index is 12.9. The van der Waals surface area contributed by atoms with Gasteiger partial charge in [-0.15, -0.1) is 5.10 Å². The summed E-state index contributed by atoms with van der Waals surface area (Å²) in [5.74, 6) is -0.292. The molecular weight excluding hydrogens is 386 g/mol. The number of thiazole rings is 1. The molecule has 8 nitrogen and oxygen atoms in total. The Balaban J connectivity index is 1.47. The molecule has 0 unspecified atom stereocenters. The topological polar surface area (TPSA) is 101 Å². The van der Waals surface area contributed by atoms with Crippen LogP contribution in [0.1, 0.15) is 49.6 Å². The van der Waals surface area contributed by atoms with Gasteiger partial charge < -0.3 is 9.32 Å². The average molecular weight is 403 g/mol. The number of fused-ring (bicyclic) bond motifs is 1. The molecule has 0 bridgehead atoms. The van der Waals surface area contributed by atoms with Crippen LogP contribution in [-0.2, 0) is 19.4 Å². The zero-order valence-corrected chi connectivity index (χ0v) is 16.2. The van der Waals surface area contributed by atoms with E-state index in [9.17, 15) is 9.59 Å². The lowest BCUT2D eigenvalue weighted by molar-refractivity contribution is 0.0739. The summed E-state index contributed by atoms with van der Waals surface area (Å²) in [7, 11) is 0. The van der Waals surface area contributed by atoms with Crippen molar-refractivity contribution in [2.75, 3.05) is 11.9 Å². The van der Waals surface area contributed by atoms with Crippen LogP contribution < -0.4 is 5.32 Å². The first-order valence-electron chi connectivity index (χ1n) is 8.58. The van der Waals surface area contributed by atoms with Crippen LogP contribution in [-0.4, -0.2) is 37.8 Å². The molecule has 0 fully saturated rings. The molecule has 10 heteroatoms. The van der Waals surface area contributed by atoms with Crippen LogP contribution >= 0.6 is 22.9 Å². The molecular formula is C17H17N5O3S2. The first-order chi connectivity index (χ1) is 13.2. The van der Waals surface area contributed by atoms with E-state index in [-0.39, 0.29) is 11.8 Å². The van der Waals surface area contributed by atoms with E-state index in [1.54, 1.807) is 11.0 Å². The zero-order chi connectivity index (χ0) is 18.8. The van der Waals surface area contributed by atoms with Crippen LogP contribution in [0.25, 0.3) is 0 Å². The fourth-order valence-corrected chi connectivity index (χ4v) is 4.60. The van der Waals surface area contributed by atoms with Crippen molar-refractivity contribution in [1.82, 2.24) is 19.5 Å². The molecule has 1 aliphatic rings. The summed E-state index contributed by atoms with van der Waals surface area (Å²) in [6, 6.07) is 1.60. The molecule has 140 valence electrons. The third-order valence-corrected chi connectivity index (χ3v) is 6.01. The molecule has 1 aliphatic heterocycles. The molecule has 0 saturated carbocycles. The largest absolute Gasteiger partial charge is 0.472 e. The lowest BCUT2D eigenvalue weighted by Crippen LogP contribution is -2.35. The summed E-state index contributed by atoms with van der Waals surface area (Å²) < 4.78 is 8.87. The molecule has 4 heterocycles. The highest BCUT2D eigenvalue weighted by molar-refractivity contribution is 7.16. The monoisotopic (exact) mass is 403 g/mol. The van der Waals surface area contributed by atoms with Crippen molar-refractivity contribution in [3.05, 3.63) is 45.3 Å². The predicted molar refractivity (Wildman–Crippen MR) is 101 cm³/mol. The number of carbonyl (C=O) groups excluding carboxylic acids is 2. The van der Waals surface area contributed by atoms with Crippen LogP contribution in [0.5, 0.6) is 0 Å². The standard InChI is InChI=1S/C17H17N5O3S2/c1-2-3-12-14(27-21-20-12)16(24)22-6-4-11-13(8-22)26-17(18-11)19-15(23)10-5-7-25-9-10/h5,7,9H,2-4,6,8H2,1H3,(H,18,19,23). The number of anilines is 1. The lowest BCUT2D eigenvalue weighted by atomic mass is 10.1. The Morgan fingerprint density at radius 3 is 3.07 bits per heavy atom. The summed E-state index contributed by atoms with van der Waals surface area (Å²) in [6.45, 7) is 3.13. The normalized spacial score (nSPS) is 13.4. The van der Waals surface area contributed by atoms with E-state index in [2.05, 4.69) is 26.8 Å². The van der Waals surface area contributed by atoms with Crippen molar-refractivity contribution in [1.29, 1.82) is 0 Å². The molecule has 27 heavy (non-hydrogen) atoms. The van der Waals surface area contributed by atoms with Gasteiger partial charge in [0.15, 0.2) is 5.13 Å². The number of aryl methyl sites for hydroxylation is 1. The van der Waals surface area contributed by atoms with E-state index in [0.29, 0.717) is 35.1 Å². The number of nitrogens with zero attached hydrogens (tertiary/aromatic N) is 4. The van der Waals surface area contributed by atoms with Gasteiger partial charge in [0.1, 0.15) is 11.1 Å². The highest BCUT2D eigenvalue weighted by Crippen LogP contribution is 2.30. The van der Waals surface area contributed by atoms with E-state index >= 15 is 0 Å². The van der Waals surface area contributed by atoms with Crippen molar-refractivity contribution in [2.45, 2.75) is 32.7 Å². The first-order valence-corrected chi connectivity index (χ1v) is 10.2. The molecule has 1 N–H and O–H groups in total. The number of nitrogens with one attached hydrogen (secondary N) is 1. The summed E-state index contributed by atoms with van der Waals surface area (Å²) >= 11 is 2.55. The Labute approximate surface area is 163 Å². The van der Waals surface area contributed by atoms with Crippen LogP contribution in [0.4, 0.5) is 5.13 Å². The van der Waals surface area contributed by atoms with E-state index < -0.39 is 0 Å². The highest BCUT2D eigenvalue weighted by atomic mass is 32.1. The van der Waals surface area contributed by atoms with Gasteiger partial charge in [0.05, 0.1) is 29.8 Å². The van der Waals surface area contributed by atoms with Crippen LogP contribution in [0, 0.1) is 0 Å². The molecule has 0 aliphatic carbocycles. The Kier molecular flexibility index (Phi) is 4.99. The smallest absolute Gasteiger partial charge is 0.267 e. The second kappa shape index (κ2) is 7.57. The van der Waals surface area contributed by atoms with Gasteiger partial charge in [-0.2, -0.15) is 0 Å². The second-order valence-electron chi connectivity index (χ2n) is 6.13. The number of hydrogen-bond donors (Lipinski definition) is 1. The quantitative estimate of drug-likeness (QED) is 0.703. The van der Waals surface area contributed by atoms with Gasteiger partial charge in [0, 0.05) is 17.8 Å². The van der Waals surface area contributed by atoms with Gasteiger partial charge in [-0.25, -0.2) is 4.98 Å². The SMILES string of the molecule is CCCc1nnsc1C(=O)N1CCc2nc(NC(=O)c3ccoc3)sc2C1. The third-order valence-electron chi connectivity index (χ3n) is 4.26. The number of carbonyl (C=O) groups is 2. The molecule has 3 aromatic heterocycles. The second-order valence-corrected chi connectivity index (χ2v) is 7.97. The fraction of sp³-hybridized carbons (Fsp3) is 0.353. The van der Waals surface area contributed by atoms with Crippen LogP contribution in [0.15, 0.2) is 23.0 Å². The van der Waals surface area contributed by atoms with Crippen molar-refractivity contribution in [2.24, 2.45) is 0 Å². The molecule has 0 atom stereocenters. The first kappa shape index (κ1) is 17.8. The Morgan fingerprint density at radius 1 is 1.41 bits per heavy atom. The summed E-state index contributed by atoms with van der Waals surface area (Å²) in [5.41, 5.74) is 2.15. The maximum Gasteiger partial charge on any atom is 0.267 e. The molecule has 0 aromatic carbocycles. The zero-order valence-electron chi connectivity index (χ0n) is 14.6. The fourth-order valence-electron chi connectivity index (χ4n) is 2.90. The molecule has 0 saturated heterocycles. The van der Waals surface area contributed by atoms with Gasteiger partial charge in [0.25, 0.3) is 11.8 Å². The lowest BCUT2D eigenvalue weighted by Gasteiger charge is -2.25. The minimum atomic E-state index is -0.261. The average Bonchev–Trinajstić information content (AvgIpc) is 3.41. The van der Waals surface area contributed by atoms with Crippen LogP contribution in [0.3, 0.4) is 0 Å². The predicted octanol–water partition coefficient (Wildman–Crippen LogP) is 2.99. The summed E-state index contributed by atoms with van der Waals surface area (Å²) in [4.78, 5) is 32.9. The number of furan rings is 1. The van der Waals surface area contributed by atoms with E-state index in [1.807, 2.05) is 0 Å². The Morgan fingerprint density at radius 2 is 2.30 bits per heavy atom. The van der Waals surface area contributed by atoms with Gasteiger partial charge in [-0.3, -0.25) is 14.9 Å². The maximum absolute atomic E-state index is 12.9. The minimum Gasteiger partial charge on any atom is -0.472 e. The number of amides is 2. The molecule has 2 amide bonds. The molecule has 4 rings (SSSR count). The number of hydrogen-bond acceptors (Lipinski definition) is 8. The van der Waals surface area contributed by atoms with Gasteiger partial charge >= 0.3 is 0 Å². The van der Waals surface area contributed by atoms with Crippen molar-refractivity contribution >= 4 is 39.8 Å². The third kappa shape index (κ3) is 3.62. The summed E-state index contributed by atoms with van der Waals surface area (Å²) in [6.07, 6.45) is 5.17. The number of rotatable bonds is 5. The Hall–Kier alpha value is -2.59. The van der Waals surface area contributed by atoms with Gasteiger partial charge in [-0.1, -0.05) is 29.2 Å². The molecule has 0 radical (unpaired) electrons. The Bertz CT molecular complexity index is 963. The number of aromatic nitrogens is 3. The van der Waals surface area contributed by atoms with E-state index in [0.717, 1.165) is 40.6 Å². The van der Waals surface area contributed by atoms with Crippen LogP contribution in [0.2, 0.25) is 0 Å². The molecule has 0 spiro atoms. The van der Waals surface area contributed by atoms with Crippen molar-refractivity contribution < 1.29 is 14.0 Å². The molecule has 3 aromatic rings. The summed E-state index contributed by atoms with van der Waals surface area (Å²) in [5, 5.41) is 7.40. The van der Waals surface area contributed by atoms with Crippen molar-refractivity contribution in [3.63, 3.8) is 0 Å². The van der Waals surface area contributed by atoms with Crippen molar-refractivity contribution in [3.8, 4) is 0 Å².